The molecule has 0 aliphatic heterocycles. The van der Waals surface area contributed by atoms with Gasteiger partial charge in [-0.3, -0.25) is 25.8 Å². The monoisotopic (exact) mass is 335 g/mol. The summed E-state index contributed by atoms with van der Waals surface area (Å²) in [6, 6.07) is 6.84. The number of carbonyl (C=O) groups is 2. The molecule has 1 aromatic rings. The number of amides is 2. The lowest BCUT2D eigenvalue weighted by Crippen LogP contribution is -2.50. The van der Waals surface area contributed by atoms with Gasteiger partial charge in [0.1, 0.15) is 5.75 Å². The molecule has 1 saturated carbocycles. The van der Waals surface area contributed by atoms with Crippen LogP contribution in [0.3, 0.4) is 0 Å². The highest BCUT2D eigenvalue weighted by Crippen LogP contribution is 2.23. The molecule has 0 atom stereocenters. The van der Waals surface area contributed by atoms with Crippen LogP contribution in [-0.2, 0) is 4.79 Å². The van der Waals surface area contributed by atoms with E-state index in [4.69, 9.17) is 17.0 Å². The topological polar surface area (TPSA) is 79.5 Å². The van der Waals surface area contributed by atoms with E-state index >= 15 is 0 Å². The predicted octanol–water partition coefficient (Wildman–Crippen LogP) is 1.91. The summed E-state index contributed by atoms with van der Waals surface area (Å²) in [5, 5.41) is 2.56. The highest BCUT2D eigenvalue weighted by Gasteiger charge is 2.21. The van der Waals surface area contributed by atoms with Crippen LogP contribution in [0.15, 0.2) is 24.3 Å². The van der Waals surface area contributed by atoms with E-state index in [1.54, 1.807) is 24.3 Å². The van der Waals surface area contributed by atoms with E-state index in [0.29, 0.717) is 11.3 Å². The van der Waals surface area contributed by atoms with Gasteiger partial charge in [0.15, 0.2) is 5.11 Å². The van der Waals surface area contributed by atoms with Crippen LogP contribution in [0.2, 0.25) is 0 Å². The van der Waals surface area contributed by atoms with Gasteiger partial charge in [-0.1, -0.05) is 31.4 Å². The maximum Gasteiger partial charge on any atom is 0.261 e. The lowest BCUT2D eigenvalue weighted by atomic mass is 9.89. The van der Waals surface area contributed by atoms with Crippen molar-refractivity contribution in [2.75, 3.05) is 7.11 Å². The number of carbonyl (C=O) groups excluding carboxylic acids is 2. The first-order chi connectivity index (χ1) is 11.1. The first-order valence-corrected chi connectivity index (χ1v) is 8.07. The van der Waals surface area contributed by atoms with Gasteiger partial charge in [0, 0.05) is 5.92 Å². The Labute approximate surface area is 140 Å². The van der Waals surface area contributed by atoms with Crippen LogP contribution in [0.4, 0.5) is 0 Å². The van der Waals surface area contributed by atoms with Crippen molar-refractivity contribution in [3.8, 4) is 5.75 Å². The minimum Gasteiger partial charge on any atom is -0.496 e. The molecule has 0 spiro atoms. The molecule has 1 aliphatic carbocycles. The molecule has 6 nitrogen and oxygen atoms in total. The van der Waals surface area contributed by atoms with E-state index in [9.17, 15) is 9.59 Å². The Morgan fingerprint density at radius 3 is 2.52 bits per heavy atom. The molecule has 124 valence electrons. The van der Waals surface area contributed by atoms with Crippen LogP contribution >= 0.6 is 12.2 Å². The summed E-state index contributed by atoms with van der Waals surface area (Å²) in [4.78, 5) is 24.1. The van der Waals surface area contributed by atoms with Crippen LogP contribution in [0.1, 0.15) is 42.5 Å². The van der Waals surface area contributed by atoms with E-state index in [0.717, 1.165) is 25.7 Å². The average Bonchev–Trinajstić information content (AvgIpc) is 2.60. The number of para-hydroxylation sites is 1. The van der Waals surface area contributed by atoms with Crippen LogP contribution in [-0.4, -0.2) is 24.0 Å². The van der Waals surface area contributed by atoms with Crippen LogP contribution in [0.5, 0.6) is 5.75 Å². The molecule has 0 unspecified atom stereocenters. The molecule has 0 bridgehead atoms. The zero-order valence-corrected chi connectivity index (χ0v) is 13.9. The third-order valence-electron chi connectivity index (χ3n) is 3.85. The fraction of sp³-hybridized carbons (Fsp3) is 0.438. The number of thiocarbonyl (C=S) groups is 1. The van der Waals surface area contributed by atoms with Gasteiger partial charge in [-0.05, 0) is 37.2 Å². The molecule has 7 heteroatoms. The summed E-state index contributed by atoms with van der Waals surface area (Å²) in [6.45, 7) is 0. The zero-order chi connectivity index (χ0) is 16.7. The average molecular weight is 335 g/mol. The van der Waals surface area contributed by atoms with Gasteiger partial charge in [0.25, 0.3) is 5.91 Å². The summed E-state index contributed by atoms with van der Waals surface area (Å²) in [5.41, 5.74) is 5.51. The summed E-state index contributed by atoms with van der Waals surface area (Å²) >= 11 is 5.03. The number of benzene rings is 1. The number of ether oxygens (including phenoxy) is 1. The number of hydrogen-bond donors (Lipinski definition) is 3. The van der Waals surface area contributed by atoms with Gasteiger partial charge in [-0.25, -0.2) is 0 Å². The van der Waals surface area contributed by atoms with Crippen molar-refractivity contribution in [3.05, 3.63) is 29.8 Å². The lowest BCUT2D eigenvalue weighted by Gasteiger charge is -2.21. The zero-order valence-electron chi connectivity index (χ0n) is 13.1. The molecule has 0 heterocycles. The Morgan fingerprint density at radius 2 is 1.83 bits per heavy atom. The molecule has 0 radical (unpaired) electrons. The van der Waals surface area contributed by atoms with Crippen molar-refractivity contribution < 1.29 is 14.3 Å². The van der Waals surface area contributed by atoms with Crippen LogP contribution < -0.4 is 20.9 Å². The first-order valence-electron chi connectivity index (χ1n) is 7.66. The summed E-state index contributed by atoms with van der Waals surface area (Å²) in [6.07, 6.45) is 5.13. The molecular weight excluding hydrogens is 314 g/mol. The molecule has 3 N–H and O–H groups in total. The molecule has 1 aromatic carbocycles. The molecule has 0 saturated heterocycles. The largest absolute Gasteiger partial charge is 0.496 e. The number of hydrogen-bond acceptors (Lipinski definition) is 4. The number of nitrogens with one attached hydrogen (secondary N) is 3. The molecule has 0 aromatic heterocycles. The fourth-order valence-corrected chi connectivity index (χ4v) is 2.76. The minimum atomic E-state index is -0.396. The molecular formula is C16H21N3O3S. The summed E-state index contributed by atoms with van der Waals surface area (Å²) in [7, 11) is 1.49. The normalized spacial score (nSPS) is 14.7. The van der Waals surface area contributed by atoms with Gasteiger partial charge < -0.3 is 4.74 Å². The van der Waals surface area contributed by atoms with E-state index in [-0.39, 0.29) is 16.9 Å². The Kier molecular flexibility index (Phi) is 6.34. The van der Waals surface area contributed by atoms with Crippen molar-refractivity contribution in [2.24, 2.45) is 5.92 Å². The van der Waals surface area contributed by atoms with Gasteiger partial charge in [0.2, 0.25) is 5.91 Å². The Balaban J connectivity index is 1.82. The minimum absolute atomic E-state index is 0.0176. The predicted molar refractivity (Wildman–Crippen MR) is 90.9 cm³/mol. The van der Waals surface area contributed by atoms with Crippen molar-refractivity contribution in [1.29, 1.82) is 0 Å². The van der Waals surface area contributed by atoms with Crippen molar-refractivity contribution in [3.63, 3.8) is 0 Å². The number of rotatable bonds is 3. The molecule has 2 amide bonds. The van der Waals surface area contributed by atoms with E-state index in [1.165, 1.54) is 13.5 Å². The second-order valence-electron chi connectivity index (χ2n) is 5.43. The van der Waals surface area contributed by atoms with Gasteiger partial charge in [0.05, 0.1) is 12.7 Å². The Bertz CT molecular complexity index is 586. The maximum absolute atomic E-state index is 12.1. The first kappa shape index (κ1) is 17.2. The molecule has 2 rings (SSSR count). The molecule has 1 aliphatic rings. The van der Waals surface area contributed by atoms with Crippen molar-refractivity contribution in [2.45, 2.75) is 32.1 Å². The molecule has 23 heavy (non-hydrogen) atoms. The molecule has 1 fully saturated rings. The smallest absolute Gasteiger partial charge is 0.261 e. The third-order valence-corrected chi connectivity index (χ3v) is 4.06. The van der Waals surface area contributed by atoms with E-state index in [1.807, 2.05) is 0 Å². The highest BCUT2D eigenvalue weighted by molar-refractivity contribution is 7.80. The van der Waals surface area contributed by atoms with Crippen molar-refractivity contribution >= 4 is 29.1 Å². The van der Waals surface area contributed by atoms with E-state index < -0.39 is 5.91 Å². The highest BCUT2D eigenvalue weighted by atomic mass is 32.1. The second kappa shape index (κ2) is 8.47. The maximum atomic E-state index is 12.1. The van der Waals surface area contributed by atoms with Crippen molar-refractivity contribution in [1.82, 2.24) is 16.2 Å². The Morgan fingerprint density at radius 1 is 1.13 bits per heavy atom. The standard InChI is InChI=1S/C16H21N3O3S/c1-22-13-10-6-5-9-12(13)15(21)17-16(23)19-18-14(20)11-7-3-2-4-8-11/h5-6,9-11H,2-4,7-8H2,1H3,(H,18,20)(H2,17,19,21,23). The fourth-order valence-electron chi connectivity index (χ4n) is 2.62. The number of hydrazine groups is 1. The van der Waals surface area contributed by atoms with Crippen LogP contribution in [0.25, 0.3) is 0 Å². The SMILES string of the molecule is COc1ccccc1C(=O)NC(=S)NNC(=O)C1CCCCC1. The van der Waals surface area contributed by atoms with Gasteiger partial charge in [-0.2, -0.15) is 0 Å². The quantitative estimate of drug-likeness (QED) is 0.581. The summed E-state index contributed by atoms with van der Waals surface area (Å²) < 4.78 is 5.13. The van der Waals surface area contributed by atoms with Crippen LogP contribution in [0, 0.1) is 5.92 Å². The van der Waals surface area contributed by atoms with Gasteiger partial charge in [-0.15, -0.1) is 0 Å². The van der Waals surface area contributed by atoms with E-state index in [2.05, 4.69) is 16.2 Å². The van der Waals surface area contributed by atoms with Gasteiger partial charge >= 0.3 is 0 Å². The summed E-state index contributed by atoms with van der Waals surface area (Å²) in [5.74, 6) is -0.00605. The number of methoxy groups -OCH3 is 1. The second-order valence-corrected chi connectivity index (χ2v) is 5.84. The Hall–Kier alpha value is -2.15. The third kappa shape index (κ3) is 4.92. The lowest BCUT2D eigenvalue weighted by molar-refractivity contribution is -0.126.